The van der Waals surface area contributed by atoms with Gasteiger partial charge in [0.2, 0.25) is 0 Å². The van der Waals surface area contributed by atoms with Gasteiger partial charge in [0.1, 0.15) is 5.57 Å². The maximum atomic E-state index is 12.0. The number of nitrogens with zero attached hydrogens (tertiary/aromatic N) is 1. The predicted molar refractivity (Wildman–Crippen MR) is 89.2 cm³/mol. The lowest BCUT2D eigenvalue weighted by atomic mass is 10.1. The van der Waals surface area contributed by atoms with Gasteiger partial charge in [0.15, 0.2) is 5.11 Å². The van der Waals surface area contributed by atoms with Crippen molar-refractivity contribution in [2.75, 3.05) is 0 Å². The lowest BCUT2D eigenvalue weighted by Gasteiger charge is -2.16. The standard InChI is InChI=1S/C16H15N3O2S/c1-9(2)19-8-10(11-5-3-4-6-13(11)19)7-12-14(20)17-16(22)18-15(12)21/h3-9H,1-2H3,(H2,17,18,20,21,22). The highest BCUT2D eigenvalue weighted by Gasteiger charge is 2.26. The third-order valence-electron chi connectivity index (χ3n) is 3.57. The summed E-state index contributed by atoms with van der Waals surface area (Å²) in [5.41, 5.74) is 1.95. The molecule has 0 saturated carbocycles. The van der Waals surface area contributed by atoms with E-state index in [4.69, 9.17) is 12.2 Å². The Balaban J connectivity index is 2.15. The zero-order valence-corrected chi connectivity index (χ0v) is 13.0. The molecule has 1 aromatic carbocycles. The second-order valence-electron chi connectivity index (χ2n) is 5.40. The minimum atomic E-state index is -0.477. The van der Waals surface area contributed by atoms with Crippen LogP contribution in [0, 0.1) is 0 Å². The number of rotatable bonds is 2. The number of hydrogen-bond acceptors (Lipinski definition) is 3. The Morgan fingerprint density at radius 1 is 1.14 bits per heavy atom. The highest BCUT2D eigenvalue weighted by Crippen LogP contribution is 2.26. The molecule has 0 aliphatic carbocycles. The van der Waals surface area contributed by atoms with Crippen molar-refractivity contribution in [3.63, 3.8) is 0 Å². The average molecular weight is 313 g/mol. The van der Waals surface area contributed by atoms with Crippen molar-refractivity contribution in [2.45, 2.75) is 19.9 Å². The third kappa shape index (κ3) is 2.42. The topological polar surface area (TPSA) is 63.1 Å². The van der Waals surface area contributed by atoms with E-state index in [0.717, 1.165) is 16.5 Å². The second-order valence-corrected chi connectivity index (χ2v) is 5.81. The first-order valence-corrected chi connectivity index (χ1v) is 7.36. The van der Waals surface area contributed by atoms with Crippen LogP contribution < -0.4 is 10.6 Å². The summed E-state index contributed by atoms with van der Waals surface area (Å²) < 4.78 is 2.12. The number of nitrogens with one attached hydrogen (secondary N) is 2. The van der Waals surface area contributed by atoms with Crippen LogP contribution in [0.5, 0.6) is 0 Å². The lowest BCUT2D eigenvalue weighted by Crippen LogP contribution is -2.51. The van der Waals surface area contributed by atoms with Gasteiger partial charge < -0.3 is 4.57 Å². The second kappa shape index (κ2) is 5.38. The molecule has 1 fully saturated rings. The maximum Gasteiger partial charge on any atom is 0.263 e. The number of fused-ring (bicyclic) bond motifs is 1. The fourth-order valence-corrected chi connectivity index (χ4v) is 2.72. The van der Waals surface area contributed by atoms with Crippen LogP contribution in [-0.4, -0.2) is 21.5 Å². The Bertz CT molecular complexity index is 811. The molecule has 1 aliphatic heterocycles. The minimum Gasteiger partial charge on any atom is -0.344 e. The summed E-state index contributed by atoms with van der Waals surface area (Å²) in [7, 11) is 0. The molecule has 22 heavy (non-hydrogen) atoms. The maximum absolute atomic E-state index is 12.0. The molecule has 112 valence electrons. The van der Waals surface area contributed by atoms with Crippen molar-refractivity contribution in [2.24, 2.45) is 0 Å². The summed E-state index contributed by atoms with van der Waals surface area (Å²) >= 11 is 4.80. The number of hydrogen-bond donors (Lipinski definition) is 2. The van der Waals surface area contributed by atoms with Crippen LogP contribution in [0.3, 0.4) is 0 Å². The summed E-state index contributed by atoms with van der Waals surface area (Å²) in [6.45, 7) is 4.17. The van der Waals surface area contributed by atoms with Gasteiger partial charge in [0.05, 0.1) is 0 Å². The molecule has 0 radical (unpaired) electrons. The monoisotopic (exact) mass is 313 g/mol. The quantitative estimate of drug-likeness (QED) is 0.507. The molecule has 2 aromatic rings. The van der Waals surface area contributed by atoms with Gasteiger partial charge in [-0.2, -0.15) is 0 Å². The first kappa shape index (κ1) is 14.5. The molecule has 2 heterocycles. The summed E-state index contributed by atoms with van der Waals surface area (Å²) in [5.74, 6) is -0.953. The minimum absolute atomic E-state index is 0.0387. The first-order valence-electron chi connectivity index (χ1n) is 6.95. The predicted octanol–water partition coefficient (Wildman–Crippen LogP) is 2.14. The van der Waals surface area contributed by atoms with Gasteiger partial charge in [-0.05, 0) is 38.2 Å². The van der Waals surface area contributed by atoms with E-state index in [9.17, 15) is 9.59 Å². The number of aromatic nitrogens is 1. The Hall–Kier alpha value is -2.47. The molecule has 0 spiro atoms. The van der Waals surface area contributed by atoms with Gasteiger partial charge in [-0.3, -0.25) is 20.2 Å². The molecule has 0 unspecified atom stereocenters. The smallest absolute Gasteiger partial charge is 0.263 e. The van der Waals surface area contributed by atoms with Crippen molar-refractivity contribution in [3.8, 4) is 0 Å². The Kier molecular flexibility index (Phi) is 3.54. The molecule has 1 aromatic heterocycles. The van der Waals surface area contributed by atoms with Crippen LogP contribution in [0.4, 0.5) is 0 Å². The zero-order chi connectivity index (χ0) is 15.9. The van der Waals surface area contributed by atoms with Crippen LogP contribution in [0.25, 0.3) is 17.0 Å². The molecule has 0 bridgehead atoms. The van der Waals surface area contributed by atoms with E-state index in [1.165, 1.54) is 0 Å². The molecule has 5 nitrogen and oxygen atoms in total. The van der Waals surface area contributed by atoms with Gasteiger partial charge in [-0.25, -0.2) is 0 Å². The molecular weight excluding hydrogens is 298 g/mol. The Labute approximate surface area is 133 Å². The summed E-state index contributed by atoms with van der Waals surface area (Å²) in [6.07, 6.45) is 3.56. The summed E-state index contributed by atoms with van der Waals surface area (Å²) in [5, 5.41) is 5.92. The van der Waals surface area contributed by atoms with Gasteiger partial charge >= 0.3 is 0 Å². The number of carbonyl (C=O) groups excluding carboxylic acids is 2. The van der Waals surface area contributed by atoms with Gasteiger partial charge in [0, 0.05) is 28.7 Å². The molecule has 2 amide bonds. The van der Waals surface area contributed by atoms with Crippen LogP contribution in [0.15, 0.2) is 36.0 Å². The number of thiocarbonyl (C=S) groups is 1. The van der Waals surface area contributed by atoms with E-state index < -0.39 is 11.8 Å². The zero-order valence-electron chi connectivity index (χ0n) is 12.2. The molecule has 0 atom stereocenters. The van der Waals surface area contributed by atoms with Crippen molar-refractivity contribution in [1.82, 2.24) is 15.2 Å². The van der Waals surface area contributed by atoms with E-state index in [1.54, 1.807) is 6.08 Å². The molecule has 2 N–H and O–H groups in total. The van der Waals surface area contributed by atoms with E-state index in [-0.39, 0.29) is 16.7 Å². The first-order chi connectivity index (χ1) is 10.5. The summed E-state index contributed by atoms with van der Waals surface area (Å²) in [6, 6.07) is 8.18. The van der Waals surface area contributed by atoms with Gasteiger partial charge in [-0.1, -0.05) is 18.2 Å². The highest BCUT2D eigenvalue weighted by molar-refractivity contribution is 7.80. The number of amides is 2. The van der Waals surface area contributed by atoms with Crippen LogP contribution in [0.1, 0.15) is 25.5 Å². The summed E-state index contributed by atoms with van der Waals surface area (Å²) in [4.78, 5) is 23.9. The fourth-order valence-electron chi connectivity index (χ4n) is 2.54. The van der Waals surface area contributed by atoms with Crippen LogP contribution >= 0.6 is 12.2 Å². The van der Waals surface area contributed by atoms with Crippen molar-refractivity contribution < 1.29 is 9.59 Å². The molecule has 3 rings (SSSR count). The molecule has 6 heteroatoms. The number of para-hydroxylation sites is 1. The molecule has 1 aliphatic rings. The van der Waals surface area contributed by atoms with E-state index in [1.807, 2.05) is 30.5 Å². The van der Waals surface area contributed by atoms with E-state index in [2.05, 4.69) is 29.0 Å². The number of benzene rings is 1. The Morgan fingerprint density at radius 3 is 2.41 bits per heavy atom. The van der Waals surface area contributed by atoms with Crippen molar-refractivity contribution in [1.29, 1.82) is 0 Å². The van der Waals surface area contributed by atoms with Crippen molar-refractivity contribution >= 4 is 46.1 Å². The normalized spacial score (nSPS) is 15.2. The van der Waals surface area contributed by atoms with E-state index in [0.29, 0.717) is 0 Å². The SMILES string of the molecule is CC(C)n1cc(C=C2C(=O)NC(=S)NC2=O)c2ccccc21. The molecule has 1 saturated heterocycles. The largest absolute Gasteiger partial charge is 0.344 e. The fraction of sp³-hybridized carbons (Fsp3) is 0.188. The van der Waals surface area contributed by atoms with Gasteiger partial charge in [0.25, 0.3) is 11.8 Å². The van der Waals surface area contributed by atoms with E-state index >= 15 is 0 Å². The third-order valence-corrected chi connectivity index (χ3v) is 3.78. The number of carbonyl (C=O) groups is 2. The van der Waals surface area contributed by atoms with Gasteiger partial charge in [-0.15, -0.1) is 0 Å². The van der Waals surface area contributed by atoms with Crippen LogP contribution in [-0.2, 0) is 9.59 Å². The lowest BCUT2D eigenvalue weighted by molar-refractivity contribution is -0.123. The molecular formula is C16H15N3O2S. The van der Waals surface area contributed by atoms with Crippen molar-refractivity contribution in [3.05, 3.63) is 41.6 Å². The van der Waals surface area contributed by atoms with Crippen LogP contribution in [0.2, 0.25) is 0 Å². The highest BCUT2D eigenvalue weighted by atomic mass is 32.1. The average Bonchev–Trinajstić information content (AvgIpc) is 2.82. The Morgan fingerprint density at radius 2 is 1.77 bits per heavy atom.